The molecular formula is C19H31BN2. The summed E-state index contributed by atoms with van der Waals surface area (Å²) in [4.78, 5) is 4.83. The number of hydrogen-bond donors (Lipinski definition) is 1. The summed E-state index contributed by atoms with van der Waals surface area (Å²) in [6.45, 7) is 21.1. The Kier molecular flexibility index (Phi) is 6.61. The summed E-state index contributed by atoms with van der Waals surface area (Å²) in [5.74, 6) is 3.10. The maximum Gasteiger partial charge on any atom is 0.231 e. The Bertz CT molecular complexity index is 536. The zero-order valence-electron chi connectivity index (χ0n) is 15.1. The smallest absolute Gasteiger partial charge is 0.231 e. The zero-order chi connectivity index (χ0) is 17.0. The molecule has 0 saturated heterocycles. The Balaban J connectivity index is 3.33. The van der Waals surface area contributed by atoms with E-state index in [1.807, 2.05) is 26.8 Å². The second-order valence-electron chi connectivity index (χ2n) is 6.77. The van der Waals surface area contributed by atoms with Gasteiger partial charge in [-0.05, 0) is 49.2 Å². The third-order valence-corrected chi connectivity index (χ3v) is 4.69. The Morgan fingerprint density at radius 1 is 1.36 bits per heavy atom. The molecule has 0 radical (unpaired) electrons. The van der Waals surface area contributed by atoms with Crippen molar-refractivity contribution in [2.75, 3.05) is 0 Å². The molecule has 2 N–H and O–H groups in total. The second kappa shape index (κ2) is 7.78. The van der Waals surface area contributed by atoms with Crippen molar-refractivity contribution >= 4 is 12.4 Å². The van der Waals surface area contributed by atoms with Gasteiger partial charge in [0.2, 0.25) is 6.71 Å². The van der Waals surface area contributed by atoms with E-state index >= 15 is 0 Å². The van der Waals surface area contributed by atoms with Crippen LogP contribution in [0.25, 0.3) is 0 Å². The molecule has 0 aromatic carbocycles. The van der Waals surface area contributed by atoms with E-state index in [0.29, 0.717) is 11.7 Å². The van der Waals surface area contributed by atoms with Gasteiger partial charge in [0.15, 0.2) is 0 Å². The lowest BCUT2D eigenvalue weighted by atomic mass is 9.38. The monoisotopic (exact) mass is 298 g/mol. The summed E-state index contributed by atoms with van der Waals surface area (Å²) in [6, 6.07) is 0.157. The molecule has 2 nitrogen and oxygen atoms in total. The lowest BCUT2D eigenvalue weighted by molar-refractivity contribution is 0.430. The fourth-order valence-corrected chi connectivity index (χ4v) is 3.11. The lowest BCUT2D eigenvalue weighted by Gasteiger charge is -2.28. The van der Waals surface area contributed by atoms with Gasteiger partial charge in [-0.15, -0.1) is 5.98 Å². The van der Waals surface area contributed by atoms with Crippen molar-refractivity contribution in [2.24, 2.45) is 16.6 Å². The van der Waals surface area contributed by atoms with Gasteiger partial charge in [0.1, 0.15) is 0 Å². The van der Waals surface area contributed by atoms with Crippen LogP contribution < -0.4 is 5.73 Å². The molecule has 0 amide bonds. The SMILES string of the molecule is C=CC1=CB(C(C)C(N)C(C)CC)C(N=C(C)C)=C1C(=C)C. The Labute approximate surface area is 137 Å². The topological polar surface area (TPSA) is 38.4 Å². The van der Waals surface area contributed by atoms with Gasteiger partial charge in [0.25, 0.3) is 0 Å². The molecule has 0 fully saturated rings. The van der Waals surface area contributed by atoms with Crippen LogP contribution in [0.5, 0.6) is 0 Å². The number of allylic oxidation sites excluding steroid dienone is 4. The Morgan fingerprint density at radius 2 is 1.95 bits per heavy atom. The average molecular weight is 298 g/mol. The van der Waals surface area contributed by atoms with Gasteiger partial charge in [-0.25, -0.2) is 0 Å². The average Bonchev–Trinajstić information content (AvgIpc) is 2.82. The van der Waals surface area contributed by atoms with Gasteiger partial charge in [-0.3, -0.25) is 4.99 Å². The number of nitrogens with two attached hydrogens (primary N) is 1. The number of aliphatic imine (C=N–C) groups is 1. The van der Waals surface area contributed by atoms with Crippen LogP contribution >= 0.6 is 0 Å². The van der Waals surface area contributed by atoms with E-state index in [4.69, 9.17) is 10.7 Å². The summed E-state index contributed by atoms with van der Waals surface area (Å²) in [7, 11) is 0. The minimum Gasteiger partial charge on any atom is -0.328 e. The van der Waals surface area contributed by atoms with E-state index in [0.717, 1.165) is 34.4 Å². The molecule has 1 rings (SSSR count). The highest BCUT2D eigenvalue weighted by molar-refractivity contribution is 6.75. The maximum atomic E-state index is 6.50. The normalized spacial score (nSPS) is 18.7. The lowest BCUT2D eigenvalue weighted by Crippen LogP contribution is -2.38. The van der Waals surface area contributed by atoms with Crippen LogP contribution in [-0.4, -0.2) is 18.5 Å². The van der Waals surface area contributed by atoms with E-state index in [9.17, 15) is 0 Å². The maximum absolute atomic E-state index is 6.50. The highest BCUT2D eigenvalue weighted by Crippen LogP contribution is 2.38. The fraction of sp³-hybridized carbons (Fsp3) is 0.526. The first-order valence-electron chi connectivity index (χ1n) is 8.26. The van der Waals surface area contributed by atoms with Crippen LogP contribution in [0.15, 0.2) is 52.5 Å². The van der Waals surface area contributed by atoms with Gasteiger partial charge in [-0.1, -0.05) is 46.4 Å². The fourth-order valence-electron chi connectivity index (χ4n) is 3.11. The first kappa shape index (κ1) is 18.7. The summed E-state index contributed by atoms with van der Waals surface area (Å²) in [5.41, 5.74) is 12.0. The third kappa shape index (κ3) is 3.89. The first-order valence-corrected chi connectivity index (χ1v) is 8.26. The van der Waals surface area contributed by atoms with E-state index in [2.05, 4.69) is 39.9 Å². The van der Waals surface area contributed by atoms with E-state index in [1.54, 1.807) is 0 Å². The molecule has 22 heavy (non-hydrogen) atoms. The van der Waals surface area contributed by atoms with Gasteiger partial charge < -0.3 is 5.73 Å². The van der Waals surface area contributed by atoms with Gasteiger partial charge >= 0.3 is 0 Å². The molecule has 1 heterocycles. The minimum absolute atomic E-state index is 0.157. The van der Waals surface area contributed by atoms with Crippen molar-refractivity contribution in [1.29, 1.82) is 0 Å². The van der Waals surface area contributed by atoms with Crippen molar-refractivity contribution in [2.45, 2.75) is 59.8 Å². The molecule has 1 aliphatic heterocycles. The Morgan fingerprint density at radius 3 is 2.36 bits per heavy atom. The summed E-state index contributed by atoms with van der Waals surface area (Å²) < 4.78 is 0. The molecule has 0 aromatic heterocycles. The van der Waals surface area contributed by atoms with Crippen LogP contribution in [0.2, 0.25) is 5.82 Å². The molecule has 3 unspecified atom stereocenters. The van der Waals surface area contributed by atoms with Gasteiger partial charge in [0.05, 0.1) is 0 Å². The molecule has 0 spiro atoms. The van der Waals surface area contributed by atoms with E-state index in [-0.39, 0.29) is 12.8 Å². The zero-order valence-corrected chi connectivity index (χ0v) is 15.1. The summed E-state index contributed by atoms with van der Waals surface area (Å²) in [5, 5.41) is 0. The summed E-state index contributed by atoms with van der Waals surface area (Å²) >= 11 is 0. The standard InChI is InChI=1S/C19H31BN2/c1-9-14(7)18(21)15(8)20-11-16(10-2)17(12(3)4)19(20)22-13(5)6/h10-11,14-15,18H,2-3,9,21H2,1,4-8H3. The largest absolute Gasteiger partial charge is 0.328 e. The van der Waals surface area contributed by atoms with E-state index < -0.39 is 0 Å². The minimum atomic E-state index is 0.157. The first-order chi connectivity index (χ1) is 10.2. The number of rotatable bonds is 7. The van der Waals surface area contributed by atoms with Crippen molar-refractivity contribution in [1.82, 2.24) is 0 Å². The van der Waals surface area contributed by atoms with Gasteiger partial charge in [-0.2, -0.15) is 0 Å². The van der Waals surface area contributed by atoms with Crippen molar-refractivity contribution in [3.8, 4) is 0 Å². The Hall–Kier alpha value is -1.35. The molecule has 0 bridgehead atoms. The number of hydrogen-bond acceptors (Lipinski definition) is 2. The second-order valence-corrected chi connectivity index (χ2v) is 6.77. The predicted molar refractivity (Wildman–Crippen MR) is 102 cm³/mol. The van der Waals surface area contributed by atoms with Crippen molar-refractivity contribution in [3.63, 3.8) is 0 Å². The van der Waals surface area contributed by atoms with Gasteiger partial charge in [0, 0.05) is 17.3 Å². The van der Waals surface area contributed by atoms with E-state index in [1.165, 1.54) is 0 Å². The molecule has 0 aliphatic carbocycles. The molecule has 1 aliphatic rings. The quantitative estimate of drug-likeness (QED) is 0.534. The predicted octanol–water partition coefficient (Wildman–Crippen LogP) is 4.76. The van der Waals surface area contributed by atoms with Crippen LogP contribution in [0.1, 0.15) is 48.0 Å². The summed E-state index contributed by atoms with van der Waals surface area (Å²) in [6.07, 6.45) is 3.00. The molecular weight excluding hydrogens is 267 g/mol. The third-order valence-electron chi connectivity index (χ3n) is 4.69. The van der Waals surface area contributed by atoms with Crippen LogP contribution in [0.3, 0.4) is 0 Å². The van der Waals surface area contributed by atoms with Crippen LogP contribution in [0, 0.1) is 5.92 Å². The van der Waals surface area contributed by atoms with Crippen LogP contribution in [-0.2, 0) is 0 Å². The number of nitrogens with zero attached hydrogens (tertiary/aromatic N) is 1. The van der Waals surface area contributed by atoms with Crippen molar-refractivity contribution in [3.05, 3.63) is 47.5 Å². The molecule has 120 valence electrons. The molecule has 0 saturated carbocycles. The highest BCUT2D eigenvalue weighted by Gasteiger charge is 2.36. The van der Waals surface area contributed by atoms with Crippen LogP contribution in [0.4, 0.5) is 0 Å². The van der Waals surface area contributed by atoms with Crippen molar-refractivity contribution < 1.29 is 0 Å². The molecule has 0 aromatic rings. The molecule has 3 heteroatoms. The molecule has 3 atom stereocenters. The highest BCUT2D eigenvalue weighted by atomic mass is 14.8.